The molecule has 6 nitrogen and oxygen atoms in total. The monoisotopic (exact) mass is 362 g/mol. The molecule has 2 atom stereocenters. The Labute approximate surface area is 142 Å². The zero-order valence-corrected chi connectivity index (χ0v) is 15.5. The minimum absolute atomic E-state index is 0.0363. The summed E-state index contributed by atoms with van der Waals surface area (Å²) >= 11 is 6.07. The Balaban J connectivity index is 3.20. The van der Waals surface area contributed by atoms with Crippen LogP contribution in [0.1, 0.15) is 27.2 Å². The number of nitrogens with zero attached hydrogens (tertiary/aromatic N) is 1. The van der Waals surface area contributed by atoms with Gasteiger partial charge in [0.05, 0.1) is 24.1 Å². The summed E-state index contributed by atoms with van der Waals surface area (Å²) in [6, 6.07) is 3.65. The second-order valence-electron chi connectivity index (χ2n) is 5.37. The van der Waals surface area contributed by atoms with Crippen molar-refractivity contribution in [2.24, 2.45) is 0 Å². The van der Waals surface area contributed by atoms with Crippen molar-refractivity contribution in [3.63, 3.8) is 0 Å². The van der Waals surface area contributed by atoms with Crippen LogP contribution >= 0.6 is 11.6 Å². The molecule has 0 saturated heterocycles. The first-order valence-corrected chi connectivity index (χ1v) is 9.47. The van der Waals surface area contributed by atoms with Crippen molar-refractivity contribution in [1.29, 1.82) is 0 Å². The number of methoxy groups -OCH3 is 1. The van der Waals surface area contributed by atoms with E-state index in [0.717, 1.165) is 17.0 Å². The highest BCUT2D eigenvalue weighted by Crippen LogP contribution is 2.31. The van der Waals surface area contributed by atoms with Gasteiger partial charge >= 0.3 is 0 Å². The summed E-state index contributed by atoms with van der Waals surface area (Å²) in [5.41, 5.74) is 0.310. The van der Waals surface area contributed by atoms with Gasteiger partial charge in [-0.3, -0.25) is 9.10 Å². The van der Waals surface area contributed by atoms with E-state index < -0.39 is 16.1 Å². The van der Waals surface area contributed by atoms with Crippen LogP contribution in [0.4, 0.5) is 5.69 Å². The van der Waals surface area contributed by atoms with Crippen LogP contribution < -0.4 is 14.4 Å². The van der Waals surface area contributed by atoms with Gasteiger partial charge in [0.15, 0.2) is 0 Å². The number of ether oxygens (including phenoxy) is 1. The van der Waals surface area contributed by atoms with Gasteiger partial charge in [0, 0.05) is 6.04 Å². The molecule has 130 valence electrons. The van der Waals surface area contributed by atoms with E-state index in [9.17, 15) is 13.2 Å². The fourth-order valence-electron chi connectivity index (χ4n) is 2.07. The minimum Gasteiger partial charge on any atom is -0.495 e. The van der Waals surface area contributed by atoms with Crippen LogP contribution in [0.15, 0.2) is 18.2 Å². The van der Waals surface area contributed by atoms with Crippen molar-refractivity contribution < 1.29 is 17.9 Å². The van der Waals surface area contributed by atoms with Crippen molar-refractivity contribution >= 4 is 33.2 Å². The Bertz CT molecular complexity index is 663. The molecule has 1 aromatic rings. The van der Waals surface area contributed by atoms with Crippen LogP contribution in [-0.4, -0.2) is 39.8 Å². The number of carbonyl (C=O) groups is 1. The zero-order chi connectivity index (χ0) is 17.8. The first kappa shape index (κ1) is 19.6. The number of anilines is 1. The first-order chi connectivity index (χ1) is 10.6. The van der Waals surface area contributed by atoms with Gasteiger partial charge in [-0.1, -0.05) is 18.5 Å². The Kier molecular flexibility index (Phi) is 6.70. The van der Waals surface area contributed by atoms with Gasteiger partial charge in [-0.2, -0.15) is 0 Å². The molecular formula is C15H23ClN2O4S. The van der Waals surface area contributed by atoms with E-state index in [1.807, 2.05) is 13.8 Å². The lowest BCUT2D eigenvalue weighted by Gasteiger charge is -2.29. The predicted molar refractivity (Wildman–Crippen MR) is 92.7 cm³/mol. The highest BCUT2D eigenvalue weighted by molar-refractivity contribution is 7.92. The third-order valence-corrected chi connectivity index (χ3v) is 5.02. The molecular weight excluding hydrogens is 340 g/mol. The topological polar surface area (TPSA) is 75.7 Å². The summed E-state index contributed by atoms with van der Waals surface area (Å²) in [5.74, 6) is 0.0669. The van der Waals surface area contributed by atoms with Gasteiger partial charge < -0.3 is 10.1 Å². The van der Waals surface area contributed by atoms with E-state index in [1.165, 1.54) is 20.1 Å². The lowest BCUT2D eigenvalue weighted by molar-refractivity contribution is -0.122. The van der Waals surface area contributed by atoms with Gasteiger partial charge in [-0.05, 0) is 38.5 Å². The van der Waals surface area contributed by atoms with Crippen LogP contribution in [-0.2, 0) is 14.8 Å². The number of hydrogen-bond acceptors (Lipinski definition) is 4. The average molecular weight is 363 g/mol. The van der Waals surface area contributed by atoms with Crippen molar-refractivity contribution in [3.8, 4) is 5.75 Å². The van der Waals surface area contributed by atoms with Crippen molar-refractivity contribution in [1.82, 2.24) is 5.32 Å². The highest BCUT2D eigenvalue weighted by atomic mass is 35.5. The lowest BCUT2D eigenvalue weighted by atomic mass is 10.2. The van der Waals surface area contributed by atoms with Crippen LogP contribution in [0.2, 0.25) is 5.02 Å². The summed E-state index contributed by atoms with van der Waals surface area (Å²) in [5, 5.41) is 3.06. The second-order valence-corrected chi connectivity index (χ2v) is 7.64. The van der Waals surface area contributed by atoms with Crippen LogP contribution in [0.25, 0.3) is 0 Å². The number of halogens is 1. The number of amides is 1. The number of carbonyl (C=O) groups excluding carboxylic acids is 1. The van der Waals surface area contributed by atoms with Gasteiger partial charge in [-0.15, -0.1) is 0 Å². The molecule has 0 radical (unpaired) electrons. The maximum atomic E-state index is 12.3. The van der Waals surface area contributed by atoms with E-state index in [4.69, 9.17) is 16.3 Å². The SMILES string of the molecule is CC[C@@H](C)NC(=O)[C@@H](C)N(c1ccc(OC)c(Cl)c1)S(C)(=O)=O. The number of nitrogens with one attached hydrogen (secondary N) is 1. The van der Waals surface area contributed by atoms with E-state index in [0.29, 0.717) is 11.4 Å². The molecule has 0 saturated carbocycles. The van der Waals surface area contributed by atoms with E-state index in [1.54, 1.807) is 12.1 Å². The molecule has 0 unspecified atom stereocenters. The van der Waals surface area contributed by atoms with Gasteiger partial charge in [0.1, 0.15) is 11.8 Å². The average Bonchev–Trinajstić information content (AvgIpc) is 2.45. The standard InChI is InChI=1S/C15H23ClN2O4S/c1-6-10(2)17-15(19)11(3)18(23(5,20)21)12-7-8-14(22-4)13(16)9-12/h7-11H,6H2,1-5H3,(H,17,19)/t10-,11-/m1/s1. The maximum absolute atomic E-state index is 12.3. The van der Waals surface area contributed by atoms with Crippen molar-refractivity contribution in [2.45, 2.75) is 39.3 Å². The molecule has 0 heterocycles. The molecule has 0 aromatic heterocycles. The largest absolute Gasteiger partial charge is 0.495 e. The fourth-order valence-corrected chi connectivity index (χ4v) is 3.49. The molecule has 8 heteroatoms. The summed E-state index contributed by atoms with van der Waals surface area (Å²) < 4.78 is 30.5. The molecule has 0 bridgehead atoms. The number of sulfonamides is 1. The molecule has 0 aliphatic rings. The lowest BCUT2D eigenvalue weighted by Crippen LogP contribution is -2.49. The summed E-state index contributed by atoms with van der Waals surface area (Å²) in [6.45, 7) is 5.34. The van der Waals surface area contributed by atoms with Gasteiger partial charge in [-0.25, -0.2) is 8.42 Å². The number of rotatable bonds is 7. The molecule has 1 rings (SSSR count). The third kappa shape index (κ3) is 5.00. The molecule has 1 amide bonds. The Morgan fingerprint density at radius 1 is 1.39 bits per heavy atom. The van der Waals surface area contributed by atoms with Crippen molar-refractivity contribution in [2.75, 3.05) is 17.7 Å². The summed E-state index contributed by atoms with van der Waals surface area (Å²) in [6.07, 6.45) is 1.81. The molecule has 23 heavy (non-hydrogen) atoms. The van der Waals surface area contributed by atoms with E-state index >= 15 is 0 Å². The molecule has 1 aromatic carbocycles. The first-order valence-electron chi connectivity index (χ1n) is 7.25. The summed E-state index contributed by atoms with van der Waals surface area (Å²) in [7, 11) is -2.20. The quantitative estimate of drug-likeness (QED) is 0.808. The number of benzene rings is 1. The highest BCUT2D eigenvalue weighted by Gasteiger charge is 2.30. The summed E-state index contributed by atoms with van der Waals surface area (Å²) in [4.78, 5) is 12.3. The van der Waals surface area contributed by atoms with Gasteiger partial charge in [0.2, 0.25) is 15.9 Å². The smallest absolute Gasteiger partial charge is 0.243 e. The molecule has 0 fully saturated rings. The Hall–Kier alpha value is -1.47. The van der Waals surface area contributed by atoms with Crippen LogP contribution in [0.5, 0.6) is 5.75 Å². The molecule has 0 aliphatic heterocycles. The van der Waals surface area contributed by atoms with E-state index in [2.05, 4.69) is 5.32 Å². The van der Waals surface area contributed by atoms with Crippen LogP contribution in [0, 0.1) is 0 Å². The zero-order valence-electron chi connectivity index (χ0n) is 14.0. The number of hydrogen-bond donors (Lipinski definition) is 1. The normalized spacial score (nSPS) is 14.0. The fraction of sp³-hybridized carbons (Fsp3) is 0.533. The second kappa shape index (κ2) is 7.88. The Morgan fingerprint density at radius 2 is 2.00 bits per heavy atom. The van der Waals surface area contributed by atoms with Crippen molar-refractivity contribution in [3.05, 3.63) is 23.2 Å². The molecule has 1 N–H and O–H groups in total. The van der Waals surface area contributed by atoms with E-state index in [-0.39, 0.29) is 17.0 Å². The predicted octanol–water partition coefficient (Wildman–Crippen LogP) is 2.42. The van der Waals surface area contributed by atoms with Crippen LogP contribution in [0.3, 0.4) is 0 Å². The maximum Gasteiger partial charge on any atom is 0.243 e. The molecule has 0 spiro atoms. The van der Waals surface area contributed by atoms with Gasteiger partial charge in [0.25, 0.3) is 0 Å². The molecule has 0 aliphatic carbocycles. The third-order valence-electron chi connectivity index (χ3n) is 3.48. The Morgan fingerprint density at radius 3 is 2.43 bits per heavy atom. The minimum atomic E-state index is -3.67.